The number of carboxylic acids is 1. The standard InChI is InChI=1S/C29H28Cl2IN3O7/c1-3-40-25-13-19(11-22(32)27(25)41-16-26(36)37)15-33-35-29(39)23(12-18-7-5-4-6-8-18)34-28(38)17(2)42-24-10-9-20(30)14-21(24)31/h4-11,13-15,17,23H,3,12,16H2,1-2H3,(H,34,38)(H,35,39)(H,36,37)/b33-15-/t17-,23-/m0/s1. The molecule has 0 bridgehead atoms. The predicted molar refractivity (Wildman–Crippen MR) is 168 cm³/mol. The van der Waals surface area contributed by atoms with Crippen LogP contribution in [-0.4, -0.2) is 54.5 Å². The van der Waals surface area contributed by atoms with Gasteiger partial charge in [0.1, 0.15) is 11.8 Å². The predicted octanol–water partition coefficient (Wildman–Crippen LogP) is 5.11. The number of carbonyl (C=O) groups excluding carboxylic acids is 2. The van der Waals surface area contributed by atoms with Gasteiger partial charge in [0.2, 0.25) is 0 Å². The second-order valence-electron chi connectivity index (χ2n) is 8.77. The zero-order valence-corrected chi connectivity index (χ0v) is 26.3. The topological polar surface area (TPSA) is 136 Å². The minimum atomic E-state index is -1.12. The Bertz CT molecular complexity index is 1440. The van der Waals surface area contributed by atoms with Crippen molar-refractivity contribution in [2.24, 2.45) is 5.10 Å². The van der Waals surface area contributed by atoms with E-state index in [2.05, 4.69) is 15.8 Å². The Morgan fingerprint density at radius 3 is 2.43 bits per heavy atom. The van der Waals surface area contributed by atoms with Crippen LogP contribution >= 0.6 is 45.8 Å². The number of halogens is 3. The lowest BCUT2D eigenvalue weighted by Gasteiger charge is -2.21. The van der Waals surface area contributed by atoms with Crippen molar-refractivity contribution in [3.05, 3.63) is 85.4 Å². The van der Waals surface area contributed by atoms with Gasteiger partial charge in [0.05, 0.1) is 21.4 Å². The molecular formula is C29H28Cl2IN3O7. The number of nitrogens with one attached hydrogen (secondary N) is 2. The second kappa shape index (κ2) is 16.2. The van der Waals surface area contributed by atoms with E-state index in [4.69, 9.17) is 42.5 Å². The maximum atomic E-state index is 13.2. The van der Waals surface area contributed by atoms with E-state index in [1.807, 2.05) is 52.9 Å². The van der Waals surface area contributed by atoms with Crippen molar-refractivity contribution in [3.63, 3.8) is 0 Å². The highest BCUT2D eigenvalue weighted by Crippen LogP contribution is 2.34. The van der Waals surface area contributed by atoms with E-state index in [1.54, 1.807) is 31.2 Å². The van der Waals surface area contributed by atoms with Crippen LogP contribution in [0.2, 0.25) is 10.0 Å². The summed E-state index contributed by atoms with van der Waals surface area (Å²) >= 11 is 14.1. The number of benzene rings is 3. The van der Waals surface area contributed by atoms with Crippen LogP contribution in [0.15, 0.2) is 65.8 Å². The second-order valence-corrected chi connectivity index (χ2v) is 10.8. The van der Waals surface area contributed by atoms with Gasteiger partial charge < -0.3 is 24.6 Å². The summed E-state index contributed by atoms with van der Waals surface area (Å²) in [5.41, 5.74) is 3.86. The average Bonchev–Trinajstić information content (AvgIpc) is 2.94. The third kappa shape index (κ3) is 10.1. The number of rotatable bonds is 14. The molecule has 0 aliphatic heterocycles. The molecule has 0 saturated carbocycles. The molecule has 222 valence electrons. The summed E-state index contributed by atoms with van der Waals surface area (Å²) in [5.74, 6) is -1.30. The first-order chi connectivity index (χ1) is 20.1. The number of aliphatic carboxylic acids is 1. The fourth-order valence-corrected chi connectivity index (χ4v) is 4.84. The minimum Gasteiger partial charge on any atom is -0.490 e. The summed E-state index contributed by atoms with van der Waals surface area (Å²) in [6.07, 6.45) is 0.628. The Labute approximate surface area is 266 Å². The molecular weight excluding hydrogens is 700 g/mol. The van der Waals surface area contributed by atoms with E-state index < -0.39 is 36.5 Å². The third-order valence-electron chi connectivity index (χ3n) is 5.54. The van der Waals surface area contributed by atoms with Crippen molar-refractivity contribution in [1.82, 2.24) is 10.7 Å². The average molecular weight is 728 g/mol. The van der Waals surface area contributed by atoms with E-state index in [9.17, 15) is 14.4 Å². The molecule has 3 aromatic rings. The van der Waals surface area contributed by atoms with Crippen molar-refractivity contribution in [2.45, 2.75) is 32.4 Å². The van der Waals surface area contributed by atoms with Crippen molar-refractivity contribution >= 4 is 69.8 Å². The number of ether oxygens (including phenoxy) is 3. The molecule has 0 fully saturated rings. The SMILES string of the molecule is CCOc1cc(/C=N\NC(=O)[C@H](Cc2ccccc2)NC(=O)[C@H](C)Oc2ccc(Cl)cc2Cl)cc(I)c1OCC(=O)O. The maximum Gasteiger partial charge on any atom is 0.341 e. The minimum absolute atomic E-state index is 0.199. The first-order valence-electron chi connectivity index (χ1n) is 12.7. The molecule has 10 nitrogen and oxygen atoms in total. The van der Waals surface area contributed by atoms with Crippen LogP contribution in [0.5, 0.6) is 17.2 Å². The van der Waals surface area contributed by atoms with Crippen molar-refractivity contribution in [2.75, 3.05) is 13.2 Å². The quantitative estimate of drug-likeness (QED) is 0.119. The van der Waals surface area contributed by atoms with Crippen LogP contribution in [0.25, 0.3) is 0 Å². The number of hydrogen-bond acceptors (Lipinski definition) is 7. The first kappa shape index (κ1) is 33.0. The van der Waals surface area contributed by atoms with Gasteiger partial charge in [-0.1, -0.05) is 53.5 Å². The van der Waals surface area contributed by atoms with Gasteiger partial charge in [0.25, 0.3) is 11.8 Å². The van der Waals surface area contributed by atoms with Gasteiger partial charge in [0.15, 0.2) is 24.2 Å². The number of amides is 2. The van der Waals surface area contributed by atoms with Gasteiger partial charge >= 0.3 is 5.97 Å². The van der Waals surface area contributed by atoms with Crippen LogP contribution in [-0.2, 0) is 20.8 Å². The van der Waals surface area contributed by atoms with E-state index in [1.165, 1.54) is 19.2 Å². The molecule has 3 aromatic carbocycles. The van der Waals surface area contributed by atoms with Gasteiger partial charge in [-0.05, 0) is 77.9 Å². The van der Waals surface area contributed by atoms with Crippen LogP contribution in [0.3, 0.4) is 0 Å². The zero-order chi connectivity index (χ0) is 30.6. The summed E-state index contributed by atoms with van der Waals surface area (Å²) in [5, 5.41) is 16.4. The highest BCUT2D eigenvalue weighted by molar-refractivity contribution is 14.1. The molecule has 0 aliphatic rings. The monoisotopic (exact) mass is 727 g/mol. The molecule has 2 atom stereocenters. The molecule has 42 heavy (non-hydrogen) atoms. The van der Waals surface area contributed by atoms with Gasteiger partial charge in [-0.25, -0.2) is 10.2 Å². The smallest absolute Gasteiger partial charge is 0.341 e. The van der Waals surface area contributed by atoms with Crippen molar-refractivity contribution in [1.29, 1.82) is 0 Å². The summed E-state index contributed by atoms with van der Waals surface area (Å²) in [6, 6.07) is 16.2. The van der Waals surface area contributed by atoms with Gasteiger partial charge in [-0.2, -0.15) is 5.10 Å². The van der Waals surface area contributed by atoms with Gasteiger partial charge in [-0.3, -0.25) is 9.59 Å². The van der Waals surface area contributed by atoms with Crippen LogP contribution < -0.4 is 25.0 Å². The summed E-state index contributed by atoms with van der Waals surface area (Å²) < 4.78 is 17.3. The lowest BCUT2D eigenvalue weighted by molar-refractivity contribution is -0.139. The summed E-state index contributed by atoms with van der Waals surface area (Å²) in [7, 11) is 0. The lowest BCUT2D eigenvalue weighted by Crippen LogP contribution is -2.50. The van der Waals surface area contributed by atoms with Crippen molar-refractivity contribution < 1.29 is 33.7 Å². The Balaban J connectivity index is 1.73. The van der Waals surface area contributed by atoms with E-state index in [-0.39, 0.29) is 17.2 Å². The number of carbonyl (C=O) groups is 3. The summed E-state index contributed by atoms with van der Waals surface area (Å²) in [4.78, 5) is 37.1. The van der Waals surface area contributed by atoms with E-state index in [0.717, 1.165) is 5.56 Å². The molecule has 0 aromatic heterocycles. The Kier molecular flexibility index (Phi) is 12.7. The number of hydrogen-bond donors (Lipinski definition) is 3. The molecule has 2 amide bonds. The molecule has 0 radical (unpaired) electrons. The Morgan fingerprint density at radius 1 is 1.02 bits per heavy atom. The largest absolute Gasteiger partial charge is 0.490 e. The number of hydrazone groups is 1. The zero-order valence-electron chi connectivity index (χ0n) is 22.6. The Morgan fingerprint density at radius 2 is 1.76 bits per heavy atom. The lowest BCUT2D eigenvalue weighted by atomic mass is 10.1. The van der Waals surface area contributed by atoms with Gasteiger partial charge in [0, 0.05) is 11.4 Å². The highest BCUT2D eigenvalue weighted by atomic mass is 127. The van der Waals surface area contributed by atoms with E-state index >= 15 is 0 Å². The molecule has 0 saturated heterocycles. The molecule has 0 heterocycles. The van der Waals surface area contributed by atoms with Crippen LogP contribution in [0.4, 0.5) is 0 Å². The van der Waals surface area contributed by atoms with Crippen LogP contribution in [0.1, 0.15) is 25.0 Å². The number of carboxylic acid groups (broad SMARTS) is 1. The highest BCUT2D eigenvalue weighted by Gasteiger charge is 2.25. The third-order valence-corrected chi connectivity index (χ3v) is 6.87. The first-order valence-corrected chi connectivity index (χ1v) is 14.5. The fourth-order valence-electron chi connectivity index (χ4n) is 3.61. The van der Waals surface area contributed by atoms with Crippen LogP contribution in [0, 0.1) is 3.57 Å². The Hall–Kier alpha value is -3.55. The molecule has 0 unspecified atom stereocenters. The maximum absolute atomic E-state index is 13.2. The molecule has 3 rings (SSSR count). The molecule has 3 N–H and O–H groups in total. The van der Waals surface area contributed by atoms with E-state index in [0.29, 0.717) is 32.3 Å². The van der Waals surface area contributed by atoms with Gasteiger partial charge in [-0.15, -0.1) is 0 Å². The molecule has 13 heteroatoms. The molecule has 0 spiro atoms. The van der Waals surface area contributed by atoms with Crippen molar-refractivity contribution in [3.8, 4) is 17.2 Å². The fraction of sp³-hybridized carbons (Fsp3) is 0.241. The molecule has 0 aliphatic carbocycles. The number of nitrogens with zero attached hydrogens (tertiary/aromatic N) is 1. The summed E-state index contributed by atoms with van der Waals surface area (Å²) in [6.45, 7) is 3.12. The normalized spacial score (nSPS) is 12.3.